The number of hydrogen-bond donors (Lipinski definition) is 2. The van der Waals surface area contributed by atoms with Gasteiger partial charge in [-0.3, -0.25) is 9.48 Å². The van der Waals surface area contributed by atoms with Gasteiger partial charge >= 0.3 is 5.97 Å². The number of carboxylic acid groups (broad SMARTS) is 1. The van der Waals surface area contributed by atoms with Crippen LogP contribution in [-0.4, -0.2) is 36.5 Å². The highest BCUT2D eigenvalue weighted by Crippen LogP contribution is 2.22. The standard InChI is InChI=1S/C17H15Cl2N5O3/c1-10(24-15(17(26)27)4-5-20-24)16(25)22-13-7-21-23(9-13)8-11-2-3-12(18)6-14(11)19/h2-7,9-10H,8H2,1H3,(H,22,25)(H,26,27). The summed E-state index contributed by atoms with van der Waals surface area (Å²) < 4.78 is 2.77. The summed E-state index contributed by atoms with van der Waals surface area (Å²) in [5.41, 5.74) is 1.24. The molecule has 3 rings (SSSR count). The summed E-state index contributed by atoms with van der Waals surface area (Å²) in [7, 11) is 0. The molecule has 8 nitrogen and oxygen atoms in total. The average molecular weight is 408 g/mol. The van der Waals surface area contributed by atoms with Crippen LogP contribution in [0, 0.1) is 0 Å². The third-order valence-corrected chi connectivity index (χ3v) is 4.47. The van der Waals surface area contributed by atoms with Gasteiger partial charge in [0.25, 0.3) is 0 Å². The molecule has 0 aliphatic carbocycles. The minimum absolute atomic E-state index is 0.0641. The van der Waals surface area contributed by atoms with Gasteiger partial charge in [0, 0.05) is 22.4 Å². The molecule has 0 bridgehead atoms. The van der Waals surface area contributed by atoms with Gasteiger partial charge in [-0.15, -0.1) is 0 Å². The number of anilines is 1. The van der Waals surface area contributed by atoms with Gasteiger partial charge < -0.3 is 10.4 Å². The van der Waals surface area contributed by atoms with E-state index in [1.807, 2.05) is 0 Å². The SMILES string of the molecule is CC(C(=O)Nc1cnn(Cc2ccc(Cl)cc2Cl)c1)n1nccc1C(=O)O. The van der Waals surface area contributed by atoms with Crippen LogP contribution < -0.4 is 5.32 Å². The Kier molecular flexibility index (Phi) is 5.48. The molecule has 0 radical (unpaired) electrons. The molecule has 140 valence electrons. The number of rotatable bonds is 6. The summed E-state index contributed by atoms with van der Waals surface area (Å²) in [6.07, 6.45) is 4.48. The van der Waals surface area contributed by atoms with Gasteiger partial charge in [0.2, 0.25) is 5.91 Å². The van der Waals surface area contributed by atoms with Crippen molar-refractivity contribution in [2.75, 3.05) is 5.32 Å². The van der Waals surface area contributed by atoms with E-state index in [9.17, 15) is 9.59 Å². The molecule has 2 aromatic heterocycles. The Labute approximate surface area is 164 Å². The van der Waals surface area contributed by atoms with Crippen molar-refractivity contribution in [3.05, 3.63) is 64.2 Å². The predicted octanol–water partition coefficient (Wildman–Crippen LogP) is 3.33. The van der Waals surface area contributed by atoms with Crippen LogP contribution in [0.3, 0.4) is 0 Å². The van der Waals surface area contributed by atoms with E-state index in [4.69, 9.17) is 28.3 Å². The minimum atomic E-state index is -1.15. The van der Waals surface area contributed by atoms with Gasteiger partial charge in [-0.25, -0.2) is 9.48 Å². The molecule has 3 aromatic rings. The summed E-state index contributed by atoms with van der Waals surface area (Å²) in [6, 6.07) is 5.72. The highest BCUT2D eigenvalue weighted by Gasteiger charge is 2.21. The number of nitrogens with zero attached hydrogens (tertiary/aromatic N) is 4. The van der Waals surface area contributed by atoms with Gasteiger partial charge in [-0.1, -0.05) is 29.3 Å². The van der Waals surface area contributed by atoms with Crippen molar-refractivity contribution in [3.8, 4) is 0 Å². The second-order valence-corrected chi connectivity index (χ2v) is 6.64. The zero-order valence-electron chi connectivity index (χ0n) is 14.1. The molecule has 10 heteroatoms. The molecular weight excluding hydrogens is 393 g/mol. The first-order valence-electron chi connectivity index (χ1n) is 7.89. The summed E-state index contributed by atoms with van der Waals surface area (Å²) >= 11 is 12.0. The van der Waals surface area contributed by atoms with E-state index in [2.05, 4.69) is 15.5 Å². The van der Waals surface area contributed by atoms with Crippen LogP contribution in [0.1, 0.15) is 29.0 Å². The van der Waals surface area contributed by atoms with E-state index >= 15 is 0 Å². The number of carbonyl (C=O) groups is 2. The van der Waals surface area contributed by atoms with Gasteiger partial charge in [0.1, 0.15) is 11.7 Å². The molecule has 0 saturated heterocycles. The van der Waals surface area contributed by atoms with Crippen molar-refractivity contribution in [3.63, 3.8) is 0 Å². The predicted molar refractivity (Wildman–Crippen MR) is 100 cm³/mol. The summed E-state index contributed by atoms with van der Waals surface area (Å²) in [5, 5.41) is 21.0. The van der Waals surface area contributed by atoms with Crippen LogP contribution in [0.2, 0.25) is 10.0 Å². The topological polar surface area (TPSA) is 102 Å². The number of nitrogens with one attached hydrogen (secondary N) is 1. The van der Waals surface area contributed by atoms with Crippen LogP contribution in [0.5, 0.6) is 0 Å². The van der Waals surface area contributed by atoms with Gasteiger partial charge in [-0.2, -0.15) is 10.2 Å². The first-order chi connectivity index (χ1) is 12.8. The molecule has 1 atom stereocenters. The van der Waals surface area contributed by atoms with Gasteiger partial charge in [0.05, 0.1) is 18.4 Å². The molecule has 2 heterocycles. The van der Waals surface area contributed by atoms with Crippen molar-refractivity contribution in [2.24, 2.45) is 0 Å². The van der Waals surface area contributed by atoms with Crippen LogP contribution in [-0.2, 0) is 11.3 Å². The minimum Gasteiger partial charge on any atom is -0.477 e. The fourth-order valence-corrected chi connectivity index (χ4v) is 2.96. The van der Waals surface area contributed by atoms with E-state index in [-0.39, 0.29) is 5.69 Å². The molecule has 0 aliphatic rings. The molecule has 27 heavy (non-hydrogen) atoms. The number of aromatic nitrogens is 4. The quantitative estimate of drug-likeness (QED) is 0.652. The normalized spacial score (nSPS) is 12.0. The zero-order valence-corrected chi connectivity index (χ0v) is 15.6. The second-order valence-electron chi connectivity index (χ2n) is 5.79. The van der Waals surface area contributed by atoms with E-state index in [1.54, 1.807) is 36.0 Å². The maximum Gasteiger partial charge on any atom is 0.354 e. The van der Waals surface area contributed by atoms with Crippen molar-refractivity contribution < 1.29 is 14.7 Å². The number of carboxylic acids is 1. The van der Waals surface area contributed by atoms with E-state index in [1.165, 1.54) is 18.5 Å². The highest BCUT2D eigenvalue weighted by atomic mass is 35.5. The number of carbonyl (C=O) groups excluding carboxylic acids is 1. The molecule has 2 N–H and O–H groups in total. The number of halogens is 2. The Bertz CT molecular complexity index is 998. The molecular formula is C17H15Cl2N5O3. The van der Waals surface area contributed by atoms with Crippen molar-refractivity contribution in [1.29, 1.82) is 0 Å². The fourth-order valence-electron chi connectivity index (χ4n) is 2.49. The number of aromatic carboxylic acids is 1. The lowest BCUT2D eigenvalue weighted by atomic mass is 10.2. The molecule has 1 aromatic carbocycles. The Balaban J connectivity index is 1.69. The van der Waals surface area contributed by atoms with Crippen LogP contribution in [0.4, 0.5) is 5.69 Å². The van der Waals surface area contributed by atoms with Crippen molar-refractivity contribution in [1.82, 2.24) is 19.6 Å². The lowest BCUT2D eigenvalue weighted by Gasteiger charge is -2.13. The van der Waals surface area contributed by atoms with Crippen LogP contribution in [0.25, 0.3) is 0 Å². The maximum absolute atomic E-state index is 12.4. The van der Waals surface area contributed by atoms with E-state index < -0.39 is 17.9 Å². The van der Waals surface area contributed by atoms with E-state index in [0.717, 1.165) is 10.2 Å². The first-order valence-corrected chi connectivity index (χ1v) is 8.65. The summed E-state index contributed by atoms with van der Waals surface area (Å²) in [5.74, 6) is -1.56. The van der Waals surface area contributed by atoms with Crippen molar-refractivity contribution in [2.45, 2.75) is 19.5 Å². The Morgan fingerprint density at radius 1 is 1.26 bits per heavy atom. The van der Waals surface area contributed by atoms with Gasteiger partial charge in [0.15, 0.2) is 0 Å². The number of amides is 1. The zero-order chi connectivity index (χ0) is 19.6. The first kappa shape index (κ1) is 18.9. The lowest BCUT2D eigenvalue weighted by molar-refractivity contribution is -0.119. The Morgan fingerprint density at radius 2 is 2.04 bits per heavy atom. The fraction of sp³-hybridized carbons (Fsp3) is 0.176. The third-order valence-electron chi connectivity index (χ3n) is 3.88. The monoisotopic (exact) mass is 407 g/mol. The van der Waals surface area contributed by atoms with Gasteiger partial charge in [-0.05, 0) is 30.7 Å². The molecule has 0 spiro atoms. The van der Waals surface area contributed by atoms with Crippen LogP contribution >= 0.6 is 23.2 Å². The summed E-state index contributed by atoms with van der Waals surface area (Å²) in [6.45, 7) is 1.97. The van der Waals surface area contributed by atoms with E-state index in [0.29, 0.717) is 22.3 Å². The Hall–Kier alpha value is -2.84. The third kappa shape index (κ3) is 4.29. The molecule has 1 unspecified atom stereocenters. The molecule has 1 amide bonds. The molecule has 0 aliphatic heterocycles. The lowest BCUT2D eigenvalue weighted by Crippen LogP contribution is -2.26. The summed E-state index contributed by atoms with van der Waals surface area (Å²) in [4.78, 5) is 23.6. The average Bonchev–Trinajstić information content (AvgIpc) is 3.26. The smallest absolute Gasteiger partial charge is 0.354 e. The number of benzene rings is 1. The number of hydrogen-bond acceptors (Lipinski definition) is 4. The van der Waals surface area contributed by atoms with Crippen molar-refractivity contribution >= 4 is 40.8 Å². The largest absolute Gasteiger partial charge is 0.477 e. The second kappa shape index (κ2) is 7.81. The Morgan fingerprint density at radius 3 is 2.74 bits per heavy atom. The van der Waals surface area contributed by atoms with Crippen LogP contribution in [0.15, 0.2) is 42.9 Å². The molecule has 0 fully saturated rings. The highest BCUT2D eigenvalue weighted by molar-refractivity contribution is 6.35. The maximum atomic E-state index is 12.4. The molecule has 0 saturated carbocycles.